The topological polar surface area (TPSA) is 112 Å². The second-order valence-corrected chi connectivity index (χ2v) is 9.21. The Morgan fingerprint density at radius 1 is 1.11 bits per heavy atom. The van der Waals surface area contributed by atoms with Crippen molar-refractivity contribution in [1.29, 1.82) is 0 Å². The number of rotatable bonds is 5. The van der Waals surface area contributed by atoms with Crippen LogP contribution in [0.5, 0.6) is 0 Å². The summed E-state index contributed by atoms with van der Waals surface area (Å²) in [7, 11) is 0. The molecule has 1 fully saturated rings. The lowest BCUT2D eigenvalue weighted by Crippen LogP contribution is -2.58. The van der Waals surface area contributed by atoms with E-state index in [0.29, 0.717) is 43.4 Å². The van der Waals surface area contributed by atoms with Gasteiger partial charge in [0.15, 0.2) is 17.7 Å². The van der Waals surface area contributed by atoms with Gasteiger partial charge in [-0.25, -0.2) is 14.7 Å². The van der Waals surface area contributed by atoms with Gasteiger partial charge in [-0.05, 0) is 6.07 Å². The lowest BCUT2D eigenvalue weighted by atomic mass is 10.0. The zero-order valence-corrected chi connectivity index (χ0v) is 20.6. The van der Waals surface area contributed by atoms with Gasteiger partial charge in [0, 0.05) is 37.2 Å². The lowest BCUT2D eigenvalue weighted by Gasteiger charge is -2.29. The zero-order valence-electron chi connectivity index (χ0n) is 20.6. The largest absolute Gasteiger partial charge is 0.433 e. The Hall–Kier alpha value is -4.35. The summed E-state index contributed by atoms with van der Waals surface area (Å²) in [6.07, 6.45) is 0.552. The summed E-state index contributed by atoms with van der Waals surface area (Å²) in [4.78, 5) is 24.2. The average Bonchev–Trinajstić information content (AvgIpc) is 3.27. The van der Waals surface area contributed by atoms with Crippen LogP contribution in [0.25, 0.3) is 0 Å². The first-order chi connectivity index (χ1) is 18.5. The maximum absolute atomic E-state index is 15.1. The number of fused-ring (bicyclic) bond motifs is 1. The van der Waals surface area contributed by atoms with Crippen LogP contribution in [-0.4, -0.2) is 60.8 Å². The van der Waals surface area contributed by atoms with Crippen molar-refractivity contribution in [3.8, 4) is 0 Å². The van der Waals surface area contributed by atoms with Crippen molar-refractivity contribution in [2.24, 2.45) is 10.1 Å². The molecule has 0 saturated carbocycles. The highest BCUT2D eigenvalue weighted by molar-refractivity contribution is 6.19. The van der Waals surface area contributed by atoms with E-state index in [1.807, 2.05) is 59.5 Å². The maximum atomic E-state index is 15.1. The number of morpholine rings is 1. The van der Waals surface area contributed by atoms with Crippen molar-refractivity contribution in [3.05, 3.63) is 89.5 Å². The third-order valence-electron chi connectivity index (χ3n) is 6.48. The molecule has 0 spiro atoms. The Morgan fingerprint density at radius 3 is 2.66 bits per heavy atom. The highest BCUT2D eigenvalue weighted by Crippen LogP contribution is 2.26. The number of amides is 1. The number of para-hydroxylation sites is 1. The van der Waals surface area contributed by atoms with E-state index in [1.165, 1.54) is 6.07 Å². The number of halogens is 1. The van der Waals surface area contributed by atoms with Gasteiger partial charge in [0.05, 0.1) is 36.5 Å². The molecular formula is C27H26FN7O3. The summed E-state index contributed by atoms with van der Waals surface area (Å²) in [5, 5.41) is 10.2. The number of hydrazone groups is 1. The van der Waals surface area contributed by atoms with Crippen molar-refractivity contribution in [2.45, 2.75) is 18.9 Å². The first-order valence-corrected chi connectivity index (χ1v) is 12.3. The molecule has 11 heteroatoms. The summed E-state index contributed by atoms with van der Waals surface area (Å²) in [6, 6.07) is 18.5. The Morgan fingerprint density at radius 2 is 1.87 bits per heavy atom. The number of carbonyl (C=O) groups excluding carboxylic acids is 1. The molecule has 2 atom stereocenters. The average molecular weight is 516 g/mol. The molecule has 0 bridgehead atoms. The molecule has 38 heavy (non-hydrogen) atoms. The molecule has 3 aromatic rings. The number of carbonyl (C=O) groups is 1. The van der Waals surface area contributed by atoms with Gasteiger partial charge in [0.25, 0.3) is 17.7 Å². The van der Waals surface area contributed by atoms with E-state index < -0.39 is 17.8 Å². The number of nitrogens with zero attached hydrogens (tertiary/aromatic N) is 4. The van der Waals surface area contributed by atoms with Gasteiger partial charge in [0.1, 0.15) is 0 Å². The summed E-state index contributed by atoms with van der Waals surface area (Å²) >= 11 is 0. The van der Waals surface area contributed by atoms with Crippen LogP contribution < -0.4 is 21.0 Å². The van der Waals surface area contributed by atoms with Crippen molar-refractivity contribution < 1.29 is 18.7 Å². The minimum absolute atomic E-state index is 0.0318. The quantitative estimate of drug-likeness (QED) is 0.479. The zero-order chi connectivity index (χ0) is 26.1. The van der Waals surface area contributed by atoms with E-state index in [1.54, 1.807) is 13.1 Å². The fourth-order valence-corrected chi connectivity index (χ4v) is 4.58. The number of benzene rings is 2. The van der Waals surface area contributed by atoms with Crippen LogP contribution in [0, 0.1) is 5.82 Å². The first kappa shape index (κ1) is 24.0. The molecule has 10 nitrogen and oxygen atoms in total. The molecule has 2 unspecified atom stereocenters. The molecule has 2 aromatic carbocycles. The van der Waals surface area contributed by atoms with Gasteiger partial charge in [-0.2, -0.15) is 0 Å². The normalized spacial score (nSPS) is 22.8. The van der Waals surface area contributed by atoms with E-state index >= 15 is 4.39 Å². The molecule has 1 saturated heterocycles. The third-order valence-corrected chi connectivity index (χ3v) is 6.48. The second-order valence-electron chi connectivity index (χ2n) is 9.21. The predicted molar refractivity (Wildman–Crippen MR) is 140 cm³/mol. The van der Waals surface area contributed by atoms with Crippen molar-refractivity contribution >= 4 is 28.9 Å². The predicted octanol–water partition coefficient (Wildman–Crippen LogP) is 2.42. The highest BCUT2D eigenvalue weighted by atomic mass is 19.1. The van der Waals surface area contributed by atoms with Gasteiger partial charge < -0.3 is 19.7 Å². The smallest absolute Gasteiger partial charge is 0.264 e. The summed E-state index contributed by atoms with van der Waals surface area (Å²) < 4.78 is 26.4. The molecule has 1 amide bonds. The van der Waals surface area contributed by atoms with Gasteiger partial charge in [-0.1, -0.05) is 48.5 Å². The van der Waals surface area contributed by atoms with Gasteiger partial charge in [-0.3, -0.25) is 15.2 Å². The van der Waals surface area contributed by atoms with Crippen LogP contribution in [0.3, 0.4) is 0 Å². The van der Waals surface area contributed by atoms with E-state index in [-0.39, 0.29) is 17.5 Å². The molecular weight excluding hydrogens is 489 g/mol. The summed E-state index contributed by atoms with van der Waals surface area (Å²) in [6.45, 7) is 4.15. The van der Waals surface area contributed by atoms with E-state index in [0.717, 1.165) is 11.1 Å². The van der Waals surface area contributed by atoms with Gasteiger partial charge >= 0.3 is 0 Å². The van der Waals surface area contributed by atoms with Crippen LogP contribution >= 0.6 is 0 Å². The number of anilines is 2. The molecule has 3 N–H and O–H groups in total. The highest BCUT2D eigenvalue weighted by Gasteiger charge is 2.40. The van der Waals surface area contributed by atoms with E-state index in [2.05, 4.69) is 26.1 Å². The van der Waals surface area contributed by atoms with Crippen LogP contribution in [-0.2, 0) is 14.3 Å². The van der Waals surface area contributed by atoms with Crippen LogP contribution in [0.4, 0.5) is 15.8 Å². The molecule has 194 valence electrons. The Bertz CT molecular complexity index is 1430. The summed E-state index contributed by atoms with van der Waals surface area (Å²) in [5.74, 6) is -2.32. The fourth-order valence-electron chi connectivity index (χ4n) is 4.58. The minimum atomic E-state index is -1.35. The second kappa shape index (κ2) is 9.84. The van der Waals surface area contributed by atoms with Crippen LogP contribution in [0.2, 0.25) is 0 Å². The number of aliphatic imine (C=N–C) groups is 1. The van der Waals surface area contributed by atoms with Crippen LogP contribution in [0.1, 0.15) is 23.7 Å². The molecule has 0 aliphatic carbocycles. The molecule has 3 aliphatic rings. The first-order valence-electron chi connectivity index (χ1n) is 12.3. The third kappa shape index (κ3) is 4.69. The number of benzodiazepines with no additional fused rings is 1. The maximum Gasteiger partial charge on any atom is 0.264 e. The molecule has 1 aromatic heterocycles. The Labute approximate surface area is 218 Å². The Balaban J connectivity index is 1.23. The number of aromatic nitrogens is 1. The fraction of sp³-hybridized carbons (Fsp3) is 0.259. The summed E-state index contributed by atoms with van der Waals surface area (Å²) in [5.41, 5.74) is 6.40. The minimum Gasteiger partial charge on any atom is -0.433 e. The number of hydrogen-bond acceptors (Lipinski definition) is 9. The monoisotopic (exact) mass is 515 g/mol. The van der Waals surface area contributed by atoms with Gasteiger partial charge in [0.2, 0.25) is 0 Å². The molecule has 6 rings (SSSR count). The molecule has 3 aliphatic heterocycles. The lowest BCUT2D eigenvalue weighted by molar-refractivity contribution is -0.120. The molecule has 4 heterocycles. The van der Waals surface area contributed by atoms with E-state index in [9.17, 15) is 4.79 Å². The standard InChI is InChI=1S/C27H26FN7O3/c1-27(34-33-26(38-27)23-20(28)15-18(16-29-23)35-11-13-37-14-12-35)32-24-25(36)30-21-10-6-5-9-19(21)22(31-24)17-7-3-2-4-8-17/h2-10,15-16,24,32,34H,11-14H2,1H3,(H,30,36). The molecule has 0 radical (unpaired) electrons. The van der Waals surface area contributed by atoms with Crippen LogP contribution in [0.15, 0.2) is 77.0 Å². The van der Waals surface area contributed by atoms with Gasteiger partial charge in [-0.15, -0.1) is 5.10 Å². The number of hydrogen-bond donors (Lipinski definition) is 3. The van der Waals surface area contributed by atoms with Crippen molar-refractivity contribution in [3.63, 3.8) is 0 Å². The number of nitrogens with one attached hydrogen (secondary N) is 3. The number of pyridine rings is 1. The van der Waals surface area contributed by atoms with Crippen molar-refractivity contribution in [2.75, 3.05) is 36.5 Å². The number of ether oxygens (including phenoxy) is 2. The SMILES string of the molecule is CC1(NC2N=C(c3ccccc3)c3ccccc3NC2=O)NN=C(c2ncc(N3CCOCC3)cc2F)O1. The van der Waals surface area contributed by atoms with Crippen molar-refractivity contribution in [1.82, 2.24) is 15.7 Å². The van der Waals surface area contributed by atoms with E-state index in [4.69, 9.17) is 14.5 Å². The Kier molecular flexibility index (Phi) is 6.22.